The molecule has 28 heavy (non-hydrogen) atoms. The van der Waals surface area contributed by atoms with Gasteiger partial charge in [0.25, 0.3) is 5.91 Å². The van der Waals surface area contributed by atoms with Crippen LogP contribution >= 0.6 is 0 Å². The Balaban J connectivity index is 1.56. The van der Waals surface area contributed by atoms with Crippen molar-refractivity contribution in [2.75, 3.05) is 26.3 Å². The maximum atomic E-state index is 13.3. The summed E-state index contributed by atoms with van der Waals surface area (Å²) in [5, 5.41) is 0. The van der Waals surface area contributed by atoms with Crippen molar-refractivity contribution in [1.29, 1.82) is 0 Å². The first-order chi connectivity index (χ1) is 13.7. The van der Waals surface area contributed by atoms with Gasteiger partial charge in [0.2, 0.25) is 0 Å². The summed E-state index contributed by atoms with van der Waals surface area (Å²) in [6, 6.07) is 6.16. The Hall–Kier alpha value is -2.08. The lowest BCUT2D eigenvalue weighted by molar-refractivity contribution is 0.0303. The topological polar surface area (TPSA) is 56.5 Å². The fourth-order valence-corrected chi connectivity index (χ4v) is 4.79. The number of carbonyl (C=O) groups is 1. The highest BCUT2D eigenvalue weighted by Crippen LogP contribution is 2.34. The fraction of sp³-hybridized carbons (Fsp3) is 0.636. The van der Waals surface area contributed by atoms with Gasteiger partial charge < -0.3 is 9.64 Å². The third kappa shape index (κ3) is 3.28. The first-order valence-corrected chi connectivity index (χ1v) is 10.8. The number of morpholine rings is 1. The molecule has 1 amide bonds. The van der Waals surface area contributed by atoms with E-state index in [4.69, 9.17) is 4.74 Å². The van der Waals surface area contributed by atoms with Crippen LogP contribution in [0.15, 0.2) is 23.0 Å². The maximum absolute atomic E-state index is 13.3. The van der Waals surface area contributed by atoms with Crippen molar-refractivity contribution in [2.24, 2.45) is 5.92 Å². The molecule has 0 spiro atoms. The Morgan fingerprint density at radius 3 is 2.46 bits per heavy atom. The molecule has 3 aliphatic rings. The van der Waals surface area contributed by atoms with Crippen molar-refractivity contribution in [1.82, 2.24) is 14.0 Å². The van der Waals surface area contributed by atoms with Gasteiger partial charge in [0.15, 0.2) is 0 Å². The van der Waals surface area contributed by atoms with Crippen molar-refractivity contribution in [2.45, 2.75) is 57.5 Å². The Kier molecular flexibility index (Phi) is 4.75. The van der Waals surface area contributed by atoms with Crippen molar-refractivity contribution >= 4 is 16.9 Å². The molecule has 6 heteroatoms. The number of rotatable bonds is 4. The highest BCUT2D eigenvalue weighted by Gasteiger charge is 2.28. The molecule has 2 aliphatic carbocycles. The fourth-order valence-electron chi connectivity index (χ4n) is 4.79. The molecule has 2 heterocycles. The van der Waals surface area contributed by atoms with Crippen molar-refractivity contribution in [3.63, 3.8) is 0 Å². The minimum atomic E-state index is 0.0426. The quantitative estimate of drug-likeness (QED) is 0.815. The van der Waals surface area contributed by atoms with E-state index in [2.05, 4.69) is 0 Å². The van der Waals surface area contributed by atoms with E-state index in [9.17, 15) is 9.59 Å². The van der Waals surface area contributed by atoms with Gasteiger partial charge in [-0.3, -0.25) is 13.9 Å². The van der Waals surface area contributed by atoms with Crippen molar-refractivity contribution in [3.05, 3.63) is 34.2 Å². The van der Waals surface area contributed by atoms with Gasteiger partial charge in [-0.05, 0) is 49.8 Å². The van der Waals surface area contributed by atoms with Crippen LogP contribution in [0.25, 0.3) is 11.0 Å². The lowest BCUT2D eigenvalue weighted by atomic mass is 9.95. The molecule has 3 fully saturated rings. The Labute approximate surface area is 165 Å². The predicted octanol–water partition coefficient (Wildman–Crippen LogP) is 3.19. The van der Waals surface area contributed by atoms with Crippen LogP contribution in [0.5, 0.6) is 0 Å². The monoisotopic (exact) mass is 383 g/mol. The van der Waals surface area contributed by atoms with E-state index in [1.54, 1.807) is 0 Å². The summed E-state index contributed by atoms with van der Waals surface area (Å²) in [5.41, 5.74) is 2.72. The molecule has 1 saturated heterocycles. The van der Waals surface area contributed by atoms with E-state index in [1.165, 1.54) is 32.1 Å². The Bertz CT molecular complexity index is 928. The highest BCUT2D eigenvalue weighted by molar-refractivity contribution is 5.97. The van der Waals surface area contributed by atoms with Gasteiger partial charge in [0.1, 0.15) is 0 Å². The SMILES string of the molecule is O=C(c1ccc2c(c1)n(CC1CC1)c(=O)n2C1CCCCC1)N1CCOCC1. The average molecular weight is 383 g/mol. The molecule has 2 aromatic rings. The average Bonchev–Trinajstić information content (AvgIpc) is 3.53. The van der Waals surface area contributed by atoms with E-state index in [1.807, 2.05) is 32.2 Å². The zero-order chi connectivity index (χ0) is 19.1. The molecule has 0 radical (unpaired) electrons. The number of ether oxygens (including phenoxy) is 1. The lowest BCUT2D eigenvalue weighted by Gasteiger charge is -2.27. The number of hydrogen-bond donors (Lipinski definition) is 0. The van der Waals surface area contributed by atoms with Gasteiger partial charge in [-0.25, -0.2) is 4.79 Å². The third-order valence-electron chi connectivity index (χ3n) is 6.59. The normalized spacial score (nSPS) is 21.4. The Morgan fingerprint density at radius 1 is 1.00 bits per heavy atom. The number of nitrogens with zero attached hydrogens (tertiary/aromatic N) is 3. The van der Waals surface area contributed by atoms with Crippen molar-refractivity contribution < 1.29 is 9.53 Å². The van der Waals surface area contributed by atoms with Gasteiger partial charge in [0.05, 0.1) is 24.2 Å². The molecule has 1 aromatic heterocycles. The molecule has 0 unspecified atom stereocenters. The van der Waals surface area contributed by atoms with Crippen LogP contribution in [-0.4, -0.2) is 46.2 Å². The second-order valence-electron chi connectivity index (χ2n) is 8.61. The highest BCUT2D eigenvalue weighted by atomic mass is 16.5. The number of hydrogen-bond acceptors (Lipinski definition) is 3. The summed E-state index contributed by atoms with van der Waals surface area (Å²) in [6.07, 6.45) is 8.22. The van der Waals surface area contributed by atoms with Crippen molar-refractivity contribution in [3.8, 4) is 0 Å². The number of aromatic nitrogens is 2. The van der Waals surface area contributed by atoms with Gasteiger partial charge in [0, 0.05) is 31.2 Å². The summed E-state index contributed by atoms with van der Waals surface area (Å²) in [4.78, 5) is 28.2. The molecule has 0 atom stereocenters. The molecule has 5 rings (SSSR count). The number of carbonyl (C=O) groups excluding carboxylic acids is 1. The number of benzene rings is 1. The Morgan fingerprint density at radius 2 is 1.75 bits per heavy atom. The van der Waals surface area contributed by atoms with Crippen LogP contribution in [0.2, 0.25) is 0 Å². The zero-order valence-electron chi connectivity index (χ0n) is 16.4. The van der Waals surface area contributed by atoms with Crippen LogP contribution in [0.1, 0.15) is 61.3 Å². The van der Waals surface area contributed by atoms with E-state index in [0.29, 0.717) is 43.8 Å². The first-order valence-electron chi connectivity index (χ1n) is 10.8. The standard InChI is InChI=1S/C22H29N3O3/c26-21(23-10-12-28-13-11-23)17-8-9-19-20(14-17)24(15-16-6-7-16)22(27)25(19)18-4-2-1-3-5-18/h8-9,14,16,18H,1-7,10-13,15H2. The summed E-state index contributed by atoms with van der Waals surface area (Å²) in [7, 11) is 0. The third-order valence-corrected chi connectivity index (χ3v) is 6.59. The summed E-state index contributed by atoms with van der Waals surface area (Å²) in [6.45, 7) is 3.24. The number of fused-ring (bicyclic) bond motifs is 1. The second-order valence-corrected chi connectivity index (χ2v) is 8.61. The number of imidazole rings is 1. The van der Waals surface area contributed by atoms with E-state index in [0.717, 1.165) is 30.4 Å². The molecule has 1 aliphatic heterocycles. The van der Waals surface area contributed by atoms with Gasteiger partial charge in [-0.15, -0.1) is 0 Å². The molecule has 0 N–H and O–H groups in total. The first kappa shape index (κ1) is 18.0. The molecule has 1 aromatic carbocycles. The predicted molar refractivity (Wildman–Crippen MR) is 108 cm³/mol. The van der Waals surface area contributed by atoms with Gasteiger partial charge in [-0.1, -0.05) is 19.3 Å². The molecule has 2 saturated carbocycles. The van der Waals surface area contributed by atoms with Crippen LogP contribution in [0, 0.1) is 5.92 Å². The van der Waals surface area contributed by atoms with Crippen LogP contribution < -0.4 is 5.69 Å². The van der Waals surface area contributed by atoms with Crippen LogP contribution in [0.4, 0.5) is 0 Å². The smallest absolute Gasteiger partial charge is 0.329 e. The number of amides is 1. The molecule has 0 bridgehead atoms. The molecule has 150 valence electrons. The lowest BCUT2D eigenvalue weighted by Crippen LogP contribution is -2.40. The molecular weight excluding hydrogens is 354 g/mol. The van der Waals surface area contributed by atoms with Crippen LogP contribution in [0.3, 0.4) is 0 Å². The molecular formula is C22H29N3O3. The minimum absolute atomic E-state index is 0.0426. The van der Waals surface area contributed by atoms with E-state index in [-0.39, 0.29) is 11.6 Å². The molecule has 6 nitrogen and oxygen atoms in total. The second kappa shape index (κ2) is 7.39. The van der Waals surface area contributed by atoms with Gasteiger partial charge >= 0.3 is 5.69 Å². The summed E-state index contributed by atoms with van der Waals surface area (Å²) in [5.74, 6) is 0.655. The zero-order valence-corrected chi connectivity index (χ0v) is 16.4. The van der Waals surface area contributed by atoms with Gasteiger partial charge in [-0.2, -0.15) is 0 Å². The van der Waals surface area contributed by atoms with E-state index >= 15 is 0 Å². The van der Waals surface area contributed by atoms with Crippen LogP contribution in [-0.2, 0) is 11.3 Å². The minimum Gasteiger partial charge on any atom is -0.378 e. The maximum Gasteiger partial charge on any atom is 0.329 e. The summed E-state index contributed by atoms with van der Waals surface area (Å²) >= 11 is 0. The summed E-state index contributed by atoms with van der Waals surface area (Å²) < 4.78 is 9.34. The largest absolute Gasteiger partial charge is 0.378 e. The van der Waals surface area contributed by atoms with E-state index < -0.39 is 0 Å².